The van der Waals surface area contributed by atoms with E-state index in [-0.39, 0.29) is 5.41 Å². The van der Waals surface area contributed by atoms with Crippen molar-refractivity contribution >= 4 is 5.91 Å². The molecule has 1 amide bonds. The number of nitrogens with zero attached hydrogens (tertiary/aromatic N) is 1. The maximum atomic E-state index is 13.5. The van der Waals surface area contributed by atoms with Crippen molar-refractivity contribution in [3.05, 3.63) is 0 Å². The summed E-state index contributed by atoms with van der Waals surface area (Å²) in [6, 6.07) is 0.696. The summed E-state index contributed by atoms with van der Waals surface area (Å²) in [5, 5.41) is 0. The van der Waals surface area contributed by atoms with Gasteiger partial charge in [-0.1, -0.05) is 0 Å². The molecule has 0 aromatic carbocycles. The molecule has 0 aromatic rings. The van der Waals surface area contributed by atoms with E-state index in [4.69, 9.17) is 5.73 Å². The largest absolute Gasteiger partial charge is 0.335 e. The summed E-state index contributed by atoms with van der Waals surface area (Å²) in [7, 11) is 0. The third-order valence-electron chi connectivity index (χ3n) is 7.03. The Morgan fingerprint density at radius 3 is 2.19 bits per heavy atom. The van der Waals surface area contributed by atoms with Crippen LogP contribution in [0.25, 0.3) is 0 Å². The zero-order chi connectivity index (χ0) is 14.6. The predicted octanol–water partition coefficient (Wildman–Crippen LogP) is 2.93. The first-order chi connectivity index (χ1) is 10.1. The van der Waals surface area contributed by atoms with Gasteiger partial charge in [0.15, 0.2) is 0 Å². The van der Waals surface area contributed by atoms with E-state index >= 15 is 0 Å². The molecule has 0 aromatic heterocycles. The zero-order valence-electron chi connectivity index (χ0n) is 13.4. The van der Waals surface area contributed by atoms with Gasteiger partial charge < -0.3 is 10.6 Å². The van der Waals surface area contributed by atoms with Crippen molar-refractivity contribution in [3.8, 4) is 0 Å². The van der Waals surface area contributed by atoms with E-state index in [0.717, 1.165) is 30.6 Å². The summed E-state index contributed by atoms with van der Waals surface area (Å²) >= 11 is 0. The lowest BCUT2D eigenvalue weighted by Crippen LogP contribution is -2.60. The van der Waals surface area contributed by atoms with Gasteiger partial charge in [-0.2, -0.15) is 0 Å². The van der Waals surface area contributed by atoms with Crippen molar-refractivity contribution in [3.63, 3.8) is 0 Å². The summed E-state index contributed by atoms with van der Waals surface area (Å²) in [5.41, 5.74) is 6.00. The molecule has 1 saturated heterocycles. The molecule has 2 N–H and O–H groups in total. The van der Waals surface area contributed by atoms with Crippen LogP contribution in [-0.2, 0) is 4.79 Å². The molecule has 0 radical (unpaired) electrons. The molecular formula is C18H30N2O. The van der Waals surface area contributed by atoms with Gasteiger partial charge in [0.25, 0.3) is 0 Å². The number of hydrogen-bond acceptors (Lipinski definition) is 2. The van der Waals surface area contributed by atoms with Gasteiger partial charge in [-0.05, 0) is 82.5 Å². The molecule has 3 nitrogen and oxygen atoms in total. The van der Waals surface area contributed by atoms with E-state index in [1.165, 1.54) is 44.9 Å². The maximum absolute atomic E-state index is 13.5. The quantitative estimate of drug-likeness (QED) is 0.850. The summed E-state index contributed by atoms with van der Waals surface area (Å²) in [6.45, 7) is 2.88. The molecule has 118 valence electrons. The Hall–Kier alpha value is -0.570. The average molecular weight is 290 g/mol. The van der Waals surface area contributed by atoms with Crippen LogP contribution in [-0.4, -0.2) is 29.4 Å². The number of carbonyl (C=O) groups is 1. The van der Waals surface area contributed by atoms with Crippen LogP contribution in [0.3, 0.4) is 0 Å². The van der Waals surface area contributed by atoms with Gasteiger partial charge in [-0.25, -0.2) is 0 Å². The Bertz CT molecular complexity index is 398. The highest BCUT2D eigenvalue weighted by molar-refractivity contribution is 5.84. The molecule has 1 heterocycles. The van der Waals surface area contributed by atoms with Gasteiger partial charge in [-0.3, -0.25) is 4.79 Å². The zero-order valence-corrected chi connectivity index (χ0v) is 13.4. The van der Waals surface area contributed by atoms with Crippen LogP contribution in [0.1, 0.15) is 64.7 Å². The summed E-state index contributed by atoms with van der Waals surface area (Å²) < 4.78 is 0. The van der Waals surface area contributed by atoms with Gasteiger partial charge in [0.2, 0.25) is 5.91 Å². The Morgan fingerprint density at radius 2 is 1.67 bits per heavy atom. The van der Waals surface area contributed by atoms with Crippen molar-refractivity contribution in [2.75, 3.05) is 6.54 Å². The fourth-order valence-corrected chi connectivity index (χ4v) is 6.53. The minimum atomic E-state index is 0.00771. The van der Waals surface area contributed by atoms with E-state index in [1.807, 2.05) is 0 Å². The number of carbonyl (C=O) groups excluding carboxylic acids is 1. The lowest BCUT2D eigenvalue weighted by atomic mass is 9.49. The normalized spacial score (nSPS) is 48.7. The Labute approximate surface area is 128 Å². The molecule has 3 heteroatoms. The van der Waals surface area contributed by atoms with E-state index in [0.29, 0.717) is 24.5 Å². The highest BCUT2D eigenvalue weighted by Crippen LogP contribution is 2.60. The van der Waals surface area contributed by atoms with Gasteiger partial charge >= 0.3 is 0 Å². The number of nitrogens with two attached hydrogens (primary N) is 1. The first-order valence-electron chi connectivity index (χ1n) is 9.14. The maximum Gasteiger partial charge on any atom is 0.229 e. The number of amides is 1. The first-order valence-corrected chi connectivity index (χ1v) is 9.14. The molecule has 0 spiro atoms. The van der Waals surface area contributed by atoms with Crippen molar-refractivity contribution in [1.29, 1.82) is 0 Å². The lowest BCUT2D eigenvalue weighted by molar-refractivity contribution is -0.164. The summed E-state index contributed by atoms with van der Waals surface area (Å²) in [4.78, 5) is 15.7. The van der Waals surface area contributed by atoms with E-state index in [2.05, 4.69) is 11.8 Å². The fourth-order valence-electron chi connectivity index (χ4n) is 6.53. The van der Waals surface area contributed by atoms with E-state index in [1.54, 1.807) is 0 Å². The fraction of sp³-hybridized carbons (Fsp3) is 0.944. The minimum Gasteiger partial charge on any atom is -0.335 e. The van der Waals surface area contributed by atoms with E-state index in [9.17, 15) is 4.79 Å². The molecule has 5 fully saturated rings. The van der Waals surface area contributed by atoms with Crippen molar-refractivity contribution in [1.82, 2.24) is 4.90 Å². The third-order valence-corrected chi connectivity index (χ3v) is 7.03. The van der Waals surface area contributed by atoms with Crippen LogP contribution in [0.4, 0.5) is 0 Å². The Balaban J connectivity index is 1.61. The monoisotopic (exact) mass is 290 g/mol. The highest BCUT2D eigenvalue weighted by Gasteiger charge is 2.56. The first kappa shape index (κ1) is 14.0. The van der Waals surface area contributed by atoms with Crippen LogP contribution >= 0.6 is 0 Å². The Morgan fingerprint density at radius 1 is 1.10 bits per heavy atom. The topological polar surface area (TPSA) is 46.3 Å². The third kappa shape index (κ3) is 2.15. The van der Waals surface area contributed by atoms with Gasteiger partial charge in [-0.15, -0.1) is 0 Å². The number of piperidine rings is 1. The minimum absolute atomic E-state index is 0.00771. The second kappa shape index (κ2) is 4.97. The SMILES string of the molecule is CC1CCCC(CN)N1C(=O)C12CC3CC(CC(C3)C1)C2. The Kier molecular flexibility index (Phi) is 3.33. The number of likely N-dealkylation sites (tertiary alicyclic amines) is 1. The van der Waals surface area contributed by atoms with Crippen LogP contribution in [0.2, 0.25) is 0 Å². The van der Waals surface area contributed by atoms with Crippen molar-refractivity contribution in [2.45, 2.75) is 76.8 Å². The van der Waals surface area contributed by atoms with Gasteiger partial charge in [0, 0.05) is 18.6 Å². The second-order valence-electron chi connectivity index (χ2n) is 8.58. The molecule has 4 aliphatic carbocycles. The number of hydrogen-bond donors (Lipinski definition) is 1. The van der Waals surface area contributed by atoms with Crippen LogP contribution in [0.15, 0.2) is 0 Å². The molecule has 2 atom stereocenters. The molecular weight excluding hydrogens is 260 g/mol. The second-order valence-corrected chi connectivity index (χ2v) is 8.58. The smallest absolute Gasteiger partial charge is 0.229 e. The van der Waals surface area contributed by atoms with Crippen molar-refractivity contribution in [2.24, 2.45) is 28.9 Å². The standard InChI is InChI=1S/C18H30N2O/c1-12-3-2-4-16(11-19)20(12)17(21)18-8-13-5-14(9-18)7-15(6-13)10-18/h12-16H,2-11,19H2,1H3. The lowest BCUT2D eigenvalue weighted by Gasteiger charge is -2.58. The average Bonchev–Trinajstić information content (AvgIpc) is 2.44. The molecule has 4 bridgehead atoms. The van der Waals surface area contributed by atoms with Gasteiger partial charge in [0.1, 0.15) is 0 Å². The number of rotatable bonds is 2. The molecule has 2 unspecified atom stereocenters. The molecule has 21 heavy (non-hydrogen) atoms. The molecule has 5 rings (SSSR count). The van der Waals surface area contributed by atoms with Crippen LogP contribution < -0.4 is 5.73 Å². The molecule has 5 aliphatic rings. The highest BCUT2D eigenvalue weighted by atomic mass is 16.2. The van der Waals surface area contributed by atoms with Crippen LogP contribution in [0, 0.1) is 23.2 Å². The summed E-state index contributed by atoms with van der Waals surface area (Å²) in [6.07, 6.45) is 11.3. The van der Waals surface area contributed by atoms with E-state index < -0.39 is 0 Å². The summed E-state index contributed by atoms with van der Waals surface area (Å²) in [5.74, 6) is 3.02. The molecule has 4 saturated carbocycles. The van der Waals surface area contributed by atoms with Crippen LogP contribution in [0.5, 0.6) is 0 Å². The van der Waals surface area contributed by atoms with Crippen molar-refractivity contribution < 1.29 is 4.79 Å². The van der Waals surface area contributed by atoms with Gasteiger partial charge in [0.05, 0.1) is 5.41 Å². The predicted molar refractivity (Wildman–Crippen MR) is 83.6 cm³/mol. The molecule has 1 aliphatic heterocycles.